The number of esters is 1. The molecular formula is C15H23N3O4. The van der Waals surface area contributed by atoms with Crippen molar-refractivity contribution in [1.29, 1.82) is 0 Å². The van der Waals surface area contributed by atoms with Crippen LogP contribution in [0, 0.1) is 5.92 Å². The molecule has 1 saturated heterocycles. The van der Waals surface area contributed by atoms with Crippen molar-refractivity contribution >= 4 is 11.9 Å². The van der Waals surface area contributed by atoms with Crippen LogP contribution in [-0.2, 0) is 16.1 Å². The second-order valence-electron chi connectivity index (χ2n) is 5.41. The van der Waals surface area contributed by atoms with E-state index in [9.17, 15) is 9.59 Å². The number of methoxy groups -OCH3 is 1. The van der Waals surface area contributed by atoms with Crippen LogP contribution in [0.1, 0.15) is 29.2 Å². The molecule has 1 unspecified atom stereocenters. The fourth-order valence-corrected chi connectivity index (χ4v) is 2.65. The van der Waals surface area contributed by atoms with Crippen LogP contribution in [0.4, 0.5) is 0 Å². The maximum atomic E-state index is 12.0. The minimum Gasteiger partial charge on any atom is -0.463 e. The fourth-order valence-electron chi connectivity index (χ4n) is 2.65. The summed E-state index contributed by atoms with van der Waals surface area (Å²) in [6.45, 7) is 3.14. The average molecular weight is 309 g/mol. The Bertz CT molecular complexity index is 515. The molecular weight excluding hydrogens is 286 g/mol. The van der Waals surface area contributed by atoms with Crippen molar-refractivity contribution < 1.29 is 18.7 Å². The number of nitrogens with one attached hydrogen (secondary N) is 1. The summed E-state index contributed by atoms with van der Waals surface area (Å²) in [5.74, 6) is 0.458. The highest BCUT2D eigenvalue weighted by Gasteiger charge is 2.26. The van der Waals surface area contributed by atoms with Gasteiger partial charge in [-0.1, -0.05) is 0 Å². The summed E-state index contributed by atoms with van der Waals surface area (Å²) in [6.07, 6.45) is 1.85. The van der Waals surface area contributed by atoms with Crippen LogP contribution in [-0.4, -0.2) is 50.1 Å². The monoisotopic (exact) mass is 309 g/mol. The van der Waals surface area contributed by atoms with Gasteiger partial charge in [-0.25, -0.2) is 4.79 Å². The summed E-state index contributed by atoms with van der Waals surface area (Å²) in [4.78, 5) is 25.5. The minimum atomic E-state index is -0.482. The molecule has 0 bridgehead atoms. The van der Waals surface area contributed by atoms with Gasteiger partial charge in [0.25, 0.3) is 0 Å². The number of piperidine rings is 1. The minimum absolute atomic E-state index is 0.0182. The molecule has 0 aliphatic carbocycles. The normalized spacial score (nSPS) is 18.9. The lowest BCUT2D eigenvalue weighted by Crippen LogP contribution is -2.43. The molecule has 0 radical (unpaired) electrons. The lowest BCUT2D eigenvalue weighted by atomic mass is 9.97. The van der Waals surface area contributed by atoms with E-state index in [0.29, 0.717) is 31.9 Å². The highest BCUT2D eigenvalue weighted by Crippen LogP contribution is 2.20. The molecule has 2 heterocycles. The SMILES string of the molecule is COC(=O)c1ccc(CN2CCCC(C(=O)NCCN)C2)o1. The number of furan rings is 1. The molecule has 1 amide bonds. The van der Waals surface area contributed by atoms with Crippen LogP contribution in [0.15, 0.2) is 16.5 Å². The molecule has 7 nitrogen and oxygen atoms in total. The summed E-state index contributed by atoms with van der Waals surface area (Å²) in [5.41, 5.74) is 5.40. The van der Waals surface area contributed by atoms with E-state index in [1.54, 1.807) is 12.1 Å². The van der Waals surface area contributed by atoms with Crippen molar-refractivity contribution in [2.24, 2.45) is 11.7 Å². The van der Waals surface area contributed by atoms with Gasteiger partial charge in [0, 0.05) is 19.6 Å². The number of likely N-dealkylation sites (tertiary alicyclic amines) is 1. The summed E-state index contributed by atoms with van der Waals surface area (Å²) >= 11 is 0. The maximum Gasteiger partial charge on any atom is 0.373 e. The first-order valence-electron chi connectivity index (χ1n) is 7.51. The highest BCUT2D eigenvalue weighted by molar-refractivity contribution is 5.86. The number of ether oxygens (including phenoxy) is 1. The van der Waals surface area contributed by atoms with Crippen LogP contribution in [0.5, 0.6) is 0 Å². The smallest absolute Gasteiger partial charge is 0.373 e. The molecule has 0 saturated carbocycles. The Hall–Kier alpha value is -1.86. The van der Waals surface area contributed by atoms with Gasteiger partial charge in [0.05, 0.1) is 19.6 Å². The first-order chi connectivity index (χ1) is 10.6. The Balaban J connectivity index is 1.88. The van der Waals surface area contributed by atoms with Gasteiger partial charge >= 0.3 is 5.97 Å². The van der Waals surface area contributed by atoms with E-state index in [2.05, 4.69) is 15.0 Å². The van der Waals surface area contributed by atoms with Crippen molar-refractivity contribution in [3.05, 3.63) is 23.7 Å². The largest absolute Gasteiger partial charge is 0.463 e. The molecule has 1 atom stereocenters. The average Bonchev–Trinajstić information content (AvgIpc) is 3.00. The van der Waals surface area contributed by atoms with E-state index in [1.165, 1.54) is 7.11 Å². The van der Waals surface area contributed by atoms with Crippen molar-refractivity contribution in [3.63, 3.8) is 0 Å². The van der Waals surface area contributed by atoms with Crippen molar-refractivity contribution in [1.82, 2.24) is 10.2 Å². The number of amides is 1. The lowest BCUT2D eigenvalue weighted by Gasteiger charge is -2.31. The molecule has 2 rings (SSSR count). The van der Waals surface area contributed by atoms with Gasteiger partial charge in [-0.15, -0.1) is 0 Å². The molecule has 0 aromatic carbocycles. The van der Waals surface area contributed by atoms with Gasteiger partial charge in [-0.3, -0.25) is 9.69 Å². The number of carbonyl (C=O) groups excluding carboxylic acids is 2. The Morgan fingerprint density at radius 1 is 1.50 bits per heavy atom. The molecule has 1 aromatic rings. The van der Waals surface area contributed by atoms with Gasteiger partial charge in [-0.05, 0) is 31.5 Å². The predicted molar refractivity (Wildman–Crippen MR) is 80.1 cm³/mol. The highest BCUT2D eigenvalue weighted by atomic mass is 16.5. The molecule has 1 fully saturated rings. The first kappa shape index (κ1) is 16.5. The Morgan fingerprint density at radius 3 is 3.05 bits per heavy atom. The van der Waals surface area contributed by atoms with Crippen LogP contribution < -0.4 is 11.1 Å². The Morgan fingerprint density at radius 2 is 2.32 bits per heavy atom. The second kappa shape index (κ2) is 7.95. The molecule has 7 heteroatoms. The molecule has 0 spiro atoms. The second-order valence-corrected chi connectivity index (χ2v) is 5.41. The third-order valence-electron chi connectivity index (χ3n) is 3.75. The number of rotatable bonds is 6. The predicted octanol–water partition coefficient (Wildman–Crippen LogP) is 0.353. The van der Waals surface area contributed by atoms with Crippen LogP contribution in [0.3, 0.4) is 0 Å². The van der Waals surface area contributed by atoms with Crippen molar-refractivity contribution in [2.45, 2.75) is 19.4 Å². The fraction of sp³-hybridized carbons (Fsp3) is 0.600. The lowest BCUT2D eigenvalue weighted by molar-refractivity contribution is -0.126. The molecule has 22 heavy (non-hydrogen) atoms. The first-order valence-corrected chi connectivity index (χ1v) is 7.51. The number of hydrogen-bond donors (Lipinski definition) is 2. The van der Waals surface area contributed by atoms with Gasteiger partial charge in [0.15, 0.2) is 0 Å². The number of hydrogen-bond acceptors (Lipinski definition) is 6. The van der Waals surface area contributed by atoms with E-state index in [0.717, 1.165) is 19.4 Å². The van der Waals surface area contributed by atoms with Gasteiger partial charge in [0.2, 0.25) is 11.7 Å². The number of nitrogens with two attached hydrogens (primary N) is 1. The number of carbonyl (C=O) groups is 2. The summed E-state index contributed by atoms with van der Waals surface area (Å²) in [5, 5.41) is 2.84. The summed E-state index contributed by atoms with van der Waals surface area (Å²) in [7, 11) is 1.32. The quantitative estimate of drug-likeness (QED) is 0.736. The van der Waals surface area contributed by atoms with Crippen LogP contribution >= 0.6 is 0 Å². The van der Waals surface area contributed by atoms with Crippen LogP contribution in [0.2, 0.25) is 0 Å². The Labute approximate surface area is 129 Å². The molecule has 3 N–H and O–H groups in total. The standard InChI is InChI=1S/C15H23N3O4/c1-21-15(20)13-5-4-12(22-13)10-18-8-2-3-11(9-18)14(19)17-7-6-16/h4-5,11H,2-3,6-10,16H2,1H3,(H,17,19). The summed E-state index contributed by atoms with van der Waals surface area (Å²) < 4.78 is 10.1. The zero-order valence-electron chi connectivity index (χ0n) is 12.8. The topological polar surface area (TPSA) is 97.8 Å². The maximum absolute atomic E-state index is 12.0. The van der Waals surface area contributed by atoms with Gasteiger partial charge in [0.1, 0.15) is 5.76 Å². The van der Waals surface area contributed by atoms with E-state index >= 15 is 0 Å². The van der Waals surface area contributed by atoms with Gasteiger partial charge < -0.3 is 20.2 Å². The van der Waals surface area contributed by atoms with E-state index < -0.39 is 5.97 Å². The van der Waals surface area contributed by atoms with E-state index in [1.807, 2.05) is 0 Å². The molecule has 1 aromatic heterocycles. The zero-order valence-corrected chi connectivity index (χ0v) is 12.8. The Kier molecular flexibility index (Phi) is 5.97. The van der Waals surface area contributed by atoms with Crippen molar-refractivity contribution in [3.8, 4) is 0 Å². The van der Waals surface area contributed by atoms with Crippen LogP contribution in [0.25, 0.3) is 0 Å². The molecule has 122 valence electrons. The molecule has 1 aliphatic rings. The third-order valence-corrected chi connectivity index (χ3v) is 3.75. The van der Waals surface area contributed by atoms with E-state index in [4.69, 9.17) is 10.2 Å². The van der Waals surface area contributed by atoms with Gasteiger partial charge in [-0.2, -0.15) is 0 Å². The third kappa shape index (κ3) is 4.32. The zero-order chi connectivity index (χ0) is 15.9. The molecule has 1 aliphatic heterocycles. The summed E-state index contributed by atoms with van der Waals surface area (Å²) in [6, 6.07) is 3.38. The number of nitrogens with zero attached hydrogens (tertiary/aromatic N) is 1. The van der Waals surface area contributed by atoms with E-state index in [-0.39, 0.29) is 17.6 Å². The van der Waals surface area contributed by atoms with Crippen molar-refractivity contribution in [2.75, 3.05) is 33.3 Å².